The topological polar surface area (TPSA) is 68.0 Å². The number of nitrogens with zero attached hydrogens (tertiary/aromatic N) is 5. The molecule has 1 saturated heterocycles. The van der Waals surface area contributed by atoms with Crippen molar-refractivity contribution in [1.29, 1.82) is 0 Å². The molecule has 27 heavy (non-hydrogen) atoms. The highest BCUT2D eigenvalue weighted by atomic mass is 16.2. The van der Waals surface area contributed by atoms with Gasteiger partial charge in [0.15, 0.2) is 0 Å². The fraction of sp³-hybridized carbons (Fsp3) is 0.650. The number of amides is 2. The maximum Gasteiger partial charge on any atom is 0.321 e. The lowest BCUT2D eigenvalue weighted by Crippen LogP contribution is -2.33. The van der Waals surface area contributed by atoms with Gasteiger partial charge in [-0.2, -0.15) is 10.2 Å². The van der Waals surface area contributed by atoms with Gasteiger partial charge < -0.3 is 10.2 Å². The van der Waals surface area contributed by atoms with E-state index in [1.54, 1.807) is 6.20 Å². The Morgan fingerprint density at radius 2 is 2.04 bits per heavy atom. The van der Waals surface area contributed by atoms with E-state index in [4.69, 9.17) is 0 Å². The zero-order chi connectivity index (χ0) is 19.6. The average molecular weight is 373 g/mol. The van der Waals surface area contributed by atoms with E-state index in [9.17, 15) is 4.79 Å². The van der Waals surface area contributed by atoms with Gasteiger partial charge in [-0.25, -0.2) is 4.79 Å². The van der Waals surface area contributed by atoms with Gasteiger partial charge >= 0.3 is 6.03 Å². The summed E-state index contributed by atoms with van der Waals surface area (Å²) in [6, 6.07) is -0.0355. The number of hydrogen-bond acceptors (Lipinski definition) is 3. The summed E-state index contributed by atoms with van der Waals surface area (Å²) in [6.45, 7) is 11.1. The zero-order valence-corrected chi connectivity index (χ0v) is 17.1. The van der Waals surface area contributed by atoms with Gasteiger partial charge in [-0.05, 0) is 30.2 Å². The van der Waals surface area contributed by atoms with Gasteiger partial charge in [0.05, 0.1) is 23.8 Å². The van der Waals surface area contributed by atoms with Crippen LogP contribution < -0.4 is 5.32 Å². The number of aryl methyl sites for hydroxylation is 2. The number of likely N-dealkylation sites (tertiary alicyclic amines) is 1. The fourth-order valence-corrected chi connectivity index (χ4v) is 3.72. The molecule has 148 valence electrons. The number of aromatic nitrogens is 4. The van der Waals surface area contributed by atoms with Crippen molar-refractivity contribution in [2.45, 2.75) is 58.9 Å². The Kier molecular flexibility index (Phi) is 5.87. The first kappa shape index (κ1) is 19.5. The molecule has 1 aliphatic rings. The predicted octanol–water partition coefficient (Wildman–Crippen LogP) is 3.81. The second-order valence-corrected chi connectivity index (χ2v) is 8.31. The van der Waals surface area contributed by atoms with Gasteiger partial charge in [-0.3, -0.25) is 9.36 Å². The van der Waals surface area contributed by atoms with Gasteiger partial charge in [-0.15, -0.1) is 0 Å². The van der Waals surface area contributed by atoms with E-state index in [1.165, 1.54) is 5.56 Å². The summed E-state index contributed by atoms with van der Waals surface area (Å²) in [5.74, 6) is 1.29. The van der Waals surface area contributed by atoms with Gasteiger partial charge in [-0.1, -0.05) is 27.7 Å². The summed E-state index contributed by atoms with van der Waals surface area (Å²) in [5.41, 5.74) is 3.15. The Balaban J connectivity index is 1.65. The average Bonchev–Trinajstić information content (AvgIpc) is 3.31. The van der Waals surface area contributed by atoms with Gasteiger partial charge in [0.1, 0.15) is 0 Å². The molecule has 0 spiro atoms. The van der Waals surface area contributed by atoms with Crippen LogP contribution in [0, 0.1) is 5.92 Å². The van der Waals surface area contributed by atoms with Crippen LogP contribution in [0.4, 0.5) is 10.5 Å². The Morgan fingerprint density at radius 3 is 2.67 bits per heavy atom. The van der Waals surface area contributed by atoms with Crippen LogP contribution >= 0.6 is 0 Å². The molecule has 2 aromatic heterocycles. The number of carbonyl (C=O) groups excluding carboxylic acids is 1. The molecule has 0 bridgehead atoms. The monoisotopic (exact) mass is 372 g/mol. The van der Waals surface area contributed by atoms with Crippen molar-refractivity contribution in [2.24, 2.45) is 13.0 Å². The maximum absolute atomic E-state index is 12.8. The van der Waals surface area contributed by atoms with Crippen molar-refractivity contribution in [2.75, 3.05) is 18.4 Å². The maximum atomic E-state index is 12.8. The third-order valence-corrected chi connectivity index (χ3v) is 5.26. The summed E-state index contributed by atoms with van der Waals surface area (Å²) in [6.07, 6.45) is 7.79. The Hall–Kier alpha value is -2.31. The highest BCUT2D eigenvalue weighted by Crippen LogP contribution is 2.29. The lowest BCUT2D eigenvalue weighted by Gasteiger charge is -2.19. The van der Waals surface area contributed by atoms with Crippen LogP contribution in [0.15, 0.2) is 18.6 Å². The van der Waals surface area contributed by atoms with Crippen LogP contribution in [0.2, 0.25) is 0 Å². The van der Waals surface area contributed by atoms with Crippen LogP contribution in [0.3, 0.4) is 0 Å². The Morgan fingerprint density at radius 1 is 1.26 bits per heavy atom. The van der Waals surface area contributed by atoms with Crippen molar-refractivity contribution >= 4 is 11.7 Å². The second kappa shape index (κ2) is 8.15. The lowest BCUT2D eigenvalue weighted by atomic mass is 10.0. The number of carbonyl (C=O) groups is 1. The molecule has 0 saturated carbocycles. The van der Waals surface area contributed by atoms with Crippen molar-refractivity contribution < 1.29 is 4.79 Å². The molecule has 1 aliphatic heterocycles. The highest BCUT2D eigenvalue weighted by molar-refractivity contribution is 5.90. The highest BCUT2D eigenvalue weighted by Gasteiger charge is 2.29. The van der Waals surface area contributed by atoms with Crippen LogP contribution in [-0.4, -0.2) is 43.6 Å². The van der Waals surface area contributed by atoms with Crippen LogP contribution in [0.25, 0.3) is 0 Å². The Labute approximate surface area is 161 Å². The molecule has 3 rings (SSSR count). The molecular formula is C20H32N6O. The zero-order valence-electron chi connectivity index (χ0n) is 17.1. The van der Waals surface area contributed by atoms with E-state index in [-0.39, 0.29) is 6.03 Å². The molecule has 2 aromatic rings. The molecule has 1 unspecified atom stereocenters. The molecule has 0 radical (unpaired) electrons. The molecule has 3 heterocycles. The number of hydrogen-bond donors (Lipinski definition) is 1. The van der Waals surface area contributed by atoms with Gasteiger partial charge in [0.25, 0.3) is 0 Å². The summed E-state index contributed by atoms with van der Waals surface area (Å²) in [4.78, 5) is 14.7. The largest absolute Gasteiger partial charge is 0.324 e. The number of anilines is 1. The first-order valence-electron chi connectivity index (χ1n) is 9.95. The van der Waals surface area contributed by atoms with Crippen LogP contribution in [0.5, 0.6) is 0 Å². The molecule has 0 aromatic carbocycles. The van der Waals surface area contributed by atoms with Crippen molar-refractivity contribution in [3.63, 3.8) is 0 Å². The van der Waals surface area contributed by atoms with Crippen LogP contribution in [-0.2, 0) is 13.6 Å². The quantitative estimate of drug-likeness (QED) is 0.838. The first-order chi connectivity index (χ1) is 12.8. The minimum absolute atomic E-state index is 0.0355. The lowest BCUT2D eigenvalue weighted by molar-refractivity contribution is 0.222. The van der Waals surface area contributed by atoms with Gasteiger partial charge in [0, 0.05) is 38.8 Å². The number of nitrogens with one attached hydrogen (secondary N) is 1. The SMILES string of the molecule is CC(C)CCn1ncc(NC(=O)N2CCC(c3cnn(C)c3)C2)c1C(C)C. The molecule has 1 N–H and O–H groups in total. The van der Waals surface area contributed by atoms with Crippen molar-refractivity contribution in [3.05, 3.63) is 29.8 Å². The molecule has 7 heteroatoms. The fourth-order valence-electron chi connectivity index (χ4n) is 3.72. The summed E-state index contributed by atoms with van der Waals surface area (Å²) in [5, 5.41) is 11.9. The smallest absolute Gasteiger partial charge is 0.321 e. The number of urea groups is 1. The van der Waals surface area contributed by atoms with E-state index in [0.717, 1.165) is 43.9 Å². The third-order valence-electron chi connectivity index (χ3n) is 5.26. The van der Waals surface area contributed by atoms with E-state index in [2.05, 4.69) is 43.2 Å². The minimum Gasteiger partial charge on any atom is -0.324 e. The standard InChI is InChI=1S/C20H32N6O/c1-14(2)6-9-26-19(15(3)4)18(11-22-26)23-20(27)25-8-7-16(13-25)17-10-21-24(5)12-17/h10-12,14-16H,6-9,13H2,1-5H3,(H,23,27). The molecule has 2 amide bonds. The molecule has 0 aliphatic carbocycles. The second-order valence-electron chi connectivity index (χ2n) is 8.31. The summed E-state index contributed by atoms with van der Waals surface area (Å²) in [7, 11) is 1.92. The molecule has 1 atom stereocenters. The Bertz CT molecular complexity index is 775. The number of rotatable bonds is 6. The van der Waals surface area contributed by atoms with E-state index < -0.39 is 0 Å². The van der Waals surface area contributed by atoms with Crippen LogP contribution in [0.1, 0.15) is 63.6 Å². The minimum atomic E-state index is -0.0355. The molecular weight excluding hydrogens is 340 g/mol. The first-order valence-corrected chi connectivity index (χ1v) is 9.95. The summed E-state index contributed by atoms with van der Waals surface area (Å²) >= 11 is 0. The van der Waals surface area contributed by atoms with Crippen molar-refractivity contribution in [3.8, 4) is 0 Å². The van der Waals surface area contributed by atoms with Gasteiger partial charge in [0.2, 0.25) is 0 Å². The molecule has 7 nitrogen and oxygen atoms in total. The third kappa shape index (κ3) is 4.51. The van der Waals surface area contributed by atoms with E-state index >= 15 is 0 Å². The van der Waals surface area contributed by atoms with E-state index in [1.807, 2.05) is 33.7 Å². The van der Waals surface area contributed by atoms with E-state index in [0.29, 0.717) is 17.8 Å². The predicted molar refractivity (Wildman–Crippen MR) is 107 cm³/mol. The van der Waals surface area contributed by atoms with Crippen molar-refractivity contribution in [1.82, 2.24) is 24.5 Å². The molecule has 1 fully saturated rings. The summed E-state index contributed by atoms with van der Waals surface area (Å²) < 4.78 is 3.86. The normalized spacial score (nSPS) is 17.3.